The van der Waals surface area contributed by atoms with E-state index in [1.165, 1.54) is 18.2 Å². The number of phenols is 1. The van der Waals surface area contributed by atoms with Crippen LogP contribution in [0.4, 0.5) is 14.5 Å². The number of carbonyl (C=O) groups is 1. The van der Waals surface area contributed by atoms with Gasteiger partial charge in [-0.3, -0.25) is 4.79 Å². The fraction of sp³-hybridized carbons (Fsp3) is 0. The molecule has 0 saturated heterocycles. The van der Waals surface area contributed by atoms with Crippen molar-refractivity contribution >= 4 is 27.5 Å². The minimum absolute atomic E-state index is 0.104. The lowest BCUT2D eigenvalue weighted by Gasteiger charge is -2.07. The van der Waals surface area contributed by atoms with Crippen LogP contribution in [-0.4, -0.2) is 11.0 Å². The summed E-state index contributed by atoms with van der Waals surface area (Å²) in [5, 5.41) is 11.7. The molecule has 6 heteroatoms. The summed E-state index contributed by atoms with van der Waals surface area (Å²) in [6, 6.07) is 7.03. The zero-order valence-electron chi connectivity index (χ0n) is 9.45. The van der Waals surface area contributed by atoms with Crippen molar-refractivity contribution in [3.05, 3.63) is 58.1 Å². The average molecular weight is 328 g/mol. The lowest BCUT2D eigenvalue weighted by molar-refractivity contribution is 0.102. The first-order chi connectivity index (χ1) is 8.97. The second kappa shape index (κ2) is 5.36. The molecule has 2 N–H and O–H groups in total. The van der Waals surface area contributed by atoms with Crippen LogP contribution in [0.2, 0.25) is 0 Å². The molecule has 98 valence electrons. The first-order valence-corrected chi connectivity index (χ1v) is 6.01. The van der Waals surface area contributed by atoms with Gasteiger partial charge in [-0.15, -0.1) is 0 Å². The van der Waals surface area contributed by atoms with Gasteiger partial charge in [0.15, 0.2) is 0 Å². The Morgan fingerprint density at radius 2 is 1.89 bits per heavy atom. The highest BCUT2D eigenvalue weighted by Crippen LogP contribution is 2.25. The van der Waals surface area contributed by atoms with E-state index in [-0.39, 0.29) is 17.0 Å². The molecule has 0 aliphatic heterocycles. The molecule has 0 spiro atoms. The van der Waals surface area contributed by atoms with Crippen LogP contribution in [0.15, 0.2) is 40.9 Å². The zero-order chi connectivity index (χ0) is 14.0. The van der Waals surface area contributed by atoms with Crippen molar-refractivity contribution in [1.29, 1.82) is 0 Å². The lowest BCUT2D eigenvalue weighted by atomic mass is 10.2. The molecule has 0 fully saturated rings. The summed E-state index contributed by atoms with van der Waals surface area (Å²) in [7, 11) is 0. The van der Waals surface area contributed by atoms with E-state index in [1.807, 2.05) is 0 Å². The van der Waals surface area contributed by atoms with E-state index >= 15 is 0 Å². The number of aromatic hydroxyl groups is 1. The van der Waals surface area contributed by atoms with E-state index in [9.17, 15) is 18.7 Å². The molecule has 2 aromatic carbocycles. The molecule has 0 bridgehead atoms. The predicted octanol–water partition coefficient (Wildman–Crippen LogP) is 3.69. The van der Waals surface area contributed by atoms with Gasteiger partial charge in [0.25, 0.3) is 5.91 Å². The lowest BCUT2D eigenvalue weighted by Crippen LogP contribution is -2.13. The van der Waals surface area contributed by atoms with E-state index in [1.54, 1.807) is 0 Å². The van der Waals surface area contributed by atoms with Gasteiger partial charge < -0.3 is 10.4 Å². The quantitative estimate of drug-likeness (QED) is 0.883. The number of carbonyl (C=O) groups excluding carboxylic acids is 1. The van der Waals surface area contributed by atoms with E-state index < -0.39 is 17.5 Å². The Balaban J connectivity index is 2.23. The van der Waals surface area contributed by atoms with Gasteiger partial charge in [0, 0.05) is 11.6 Å². The topological polar surface area (TPSA) is 49.3 Å². The number of anilines is 1. The van der Waals surface area contributed by atoms with Crippen LogP contribution in [0.1, 0.15) is 10.4 Å². The summed E-state index contributed by atoms with van der Waals surface area (Å²) < 4.78 is 26.5. The molecule has 0 atom stereocenters. The number of hydrogen-bond donors (Lipinski definition) is 2. The minimum Gasteiger partial charge on any atom is -0.507 e. The SMILES string of the molecule is O=C(Nc1ccc(F)cc1F)c1ccc(Br)c(O)c1. The Bertz CT molecular complexity index is 647. The molecule has 0 saturated carbocycles. The van der Waals surface area contributed by atoms with Crippen LogP contribution >= 0.6 is 15.9 Å². The molecule has 19 heavy (non-hydrogen) atoms. The Morgan fingerprint density at radius 1 is 1.16 bits per heavy atom. The maximum atomic E-state index is 13.4. The Kier molecular flexibility index (Phi) is 3.80. The third-order valence-electron chi connectivity index (χ3n) is 2.39. The molecular formula is C13H8BrF2NO2. The summed E-state index contributed by atoms with van der Waals surface area (Å²) in [6.07, 6.45) is 0. The minimum atomic E-state index is -0.866. The van der Waals surface area contributed by atoms with Crippen LogP contribution in [0, 0.1) is 11.6 Å². The summed E-state index contributed by atoms with van der Waals surface area (Å²) in [5.74, 6) is -2.30. The van der Waals surface area contributed by atoms with E-state index in [0.717, 1.165) is 12.1 Å². The monoisotopic (exact) mass is 327 g/mol. The van der Waals surface area contributed by atoms with Crippen LogP contribution < -0.4 is 5.32 Å². The van der Waals surface area contributed by atoms with Crippen LogP contribution in [0.3, 0.4) is 0 Å². The Labute approximate surface area is 116 Å². The standard InChI is InChI=1S/C13H8BrF2NO2/c14-9-3-1-7(5-12(9)18)13(19)17-11-4-2-8(15)6-10(11)16/h1-6,18H,(H,17,19). The molecule has 0 radical (unpaired) electrons. The maximum Gasteiger partial charge on any atom is 0.255 e. The molecule has 0 aromatic heterocycles. The second-order valence-electron chi connectivity index (χ2n) is 3.74. The van der Waals surface area contributed by atoms with Crippen LogP contribution in [0.5, 0.6) is 5.75 Å². The number of nitrogens with one attached hydrogen (secondary N) is 1. The van der Waals surface area contributed by atoms with Crippen LogP contribution in [-0.2, 0) is 0 Å². The predicted molar refractivity (Wildman–Crippen MR) is 70.1 cm³/mol. The highest BCUT2D eigenvalue weighted by Gasteiger charge is 2.11. The highest BCUT2D eigenvalue weighted by molar-refractivity contribution is 9.10. The van der Waals surface area contributed by atoms with Gasteiger partial charge in [-0.05, 0) is 46.3 Å². The van der Waals surface area contributed by atoms with Gasteiger partial charge in [-0.2, -0.15) is 0 Å². The number of amides is 1. The van der Waals surface area contributed by atoms with Gasteiger partial charge in [-0.1, -0.05) is 0 Å². The fourth-order valence-corrected chi connectivity index (χ4v) is 1.69. The second-order valence-corrected chi connectivity index (χ2v) is 4.60. The fourth-order valence-electron chi connectivity index (χ4n) is 1.44. The van der Waals surface area contributed by atoms with Crippen molar-refractivity contribution in [2.45, 2.75) is 0 Å². The molecule has 3 nitrogen and oxygen atoms in total. The number of benzene rings is 2. The molecule has 0 aliphatic rings. The Hall–Kier alpha value is -1.95. The number of hydrogen-bond acceptors (Lipinski definition) is 2. The van der Waals surface area contributed by atoms with Crippen molar-refractivity contribution in [3.8, 4) is 5.75 Å². The molecule has 0 aliphatic carbocycles. The van der Waals surface area contributed by atoms with E-state index in [4.69, 9.17) is 0 Å². The largest absolute Gasteiger partial charge is 0.507 e. The summed E-state index contributed by atoms with van der Waals surface area (Å²) in [6.45, 7) is 0. The van der Waals surface area contributed by atoms with Gasteiger partial charge >= 0.3 is 0 Å². The summed E-state index contributed by atoms with van der Waals surface area (Å²) in [4.78, 5) is 11.8. The Morgan fingerprint density at radius 3 is 2.53 bits per heavy atom. The van der Waals surface area contributed by atoms with Gasteiger partial charge in [0.05, 0.1) is 10.2 Å². The maximum absolute atomic E-state index is 13.4. The first-order valence-electron chi connectivity index (χ1n) is 5.22. The number of rotatable bonds is 2. The smallest absolute Gasteiger partial charge is 0.255 e. The van der Waals surface area contributed by atoms with Crippen molar-refractivity contribution in [2.24, 2.45) is 0 Å². The summed E-state index contributed by atoms with van der Waals surface area (Å²) >= 11 is 3.08. The normalized spacial score (nSPS) is 10.3. The first kappa shape index (κ1) is 13.5. The van der Waals surface area contributed by atoms with Crippen molar-refractivity contribution in [3.63, 3.8) is 0 Å². The van der Waals surface area contributed by atoms with Gasteiger partial charge in [-0.25, -0.2) is 8.78 Å². The third kappa shape index (κ3) is 3.08. The molecule has 0 unspecified atom stereocenters. The average Bonchev–Trinajstić information content (AvgIpc) is 2.36. The van der Waals surface area contributed by atoms with Crippen molar-refractivity contribution < 1.29 is 18.7 Å². The molecule has 2 rings (SSSR count). The number of phenolic OH excluding ortho intramolecular Hbond substituents is 1. The third-order valence-corrected chi connectivity index (χ3v) is 3.06. The molecule has 0 heterocycles. The molecule has 2 aromatic rings. The van der Waals surface area contributed by atoms with Gasteiger partial charge in [0.2, 0.25) is 0 Å². The zero-order valence-corrected chi connectivity index (χ0v) is 11.0. The van der Waals surface area contributed by atoms with E-state index in [2.05, 4.69) is 21.2 Å². The highest BCUT2D eigenvalue weighted by atomic mass is 79.9. The summed E-state index contributed by atoms with van der Waals surface area (Å²) in [5.41, 5.74) is 0.0261. The van der Waals surface area contributed by atoms with Crippen molar-refractivity contribution in [1.82, 2.24) is 0 Å². The molecular weight excluding hydrogens is 320 g/mol. The van der Waals surface area contributed by atoms with Crippen LogP contribution in [0.25, 0.3) is 0 Å². The van der Waals surface area contributed by atoms with Gasteiger partial charge in [0.1, 0.15) is 17.4 Å². The number of halogens is 3. The molecule has 1 amide bonds. The van der Waals surface area contributed by atoms with Crippen molar-refractivity contribution in [2.75, 3.05) is 5.32 Å². The van der Waals surface area contributed by atoms with E-state index in [0.29, 0.717) is 10.5 Å².